The average molecular weight is 1590 g/mol. The first-order valence-corrected chi connectivity index (χ1v) is 41.2. The number of ether oxygens (including phenoxy) is 12. The molecule has 3 heterocycles. The molecule has 638 valence electrons. The van der Waals surface area contributed by atoms with E-state index in [1.807, 2.05) is 27.7 Å². The maximum absolute atomic E-state index is 13.9. The van der Waals surface area contributed by atoms with Crippen molar-refractivity contribution in [1.82, 2.24) is 0 Å². The summed E-state index contributed by atoms with van der Waals surface area (Å²) < 4.78 is 68.5. The summed E-state index contributed by atoms with van der Waals surface area (Å²) in [5.74, 6) is -3.94. The zero-order valence-corrected chi connectivity index (χ0v) is 64.6. The van der Waals surface area contributed by atoms with Crippen LogP contribution in [0.1, 0.15) is 269 Å². The van der Waals surface area contributed by atoms with Gasteiger partial charge in [0.1, 0.15) is 53.4 Å². The Hall–Kier alpha value is -6.36. The van der Waals surface area contributed by atoms with Crippen LogP contribution < -0.4 is 0 Å². The van der Waals surface area contributed by atoms with E-state index in [1.54, 1.807) is 41.5 Å². The lowest BCUT2D eigenvalue weighted by atomic mass is 9.49. The molecule has 16 saturated carbocycles. The highest BCUT2D eigenvalue weighted by Gasteiger charge is 2.76. The van der Waals surface area contributed by atoms with E-state index in [9.17, 15) is 57.5 Å². The Balaban J connectivity index is 0.000000190. The van der Waals surface area contributed by atoms with Crippen molar-refractivity contribution in [1.29, 1.82) is 0 Å². The van der Waals surface area contributed by atoms with E-state index in [0.717, 1.165) is 107 Å². The Kier molecular flexibility index (Phi) is 26.6. The lowest BCUT2D eigenvalue weighted by Gasteiger charge is -2.60. The molecule has 24 nitrogen and oxygen atoms in total. The highest BCUT2D eigenvalue weighted by atomic mass is 16.6. The molecule has 0 amide bonds. The molecule has 19 fully saturated rings. The summed E-state index contributed by atoms with van der Waals surface area (Å²) >= 11 is 0. The molecule has 24 heteroatoms. The van der Waals surface area contributed by atoms with E-state index >= 15 is 0 Å². The molecule has 0 aromatic heterocycles. The van der Waals surface area contributed by atoms with Crippen molar-refractivity contribution in [2.45, 2.75) is 322 Å². The van der Waals surface area contributed by atoms with Gasteiger partial charge in [0.05, 0.1) is 51.8 Å². The van der Waals surface area contributed by atoms with Crippen molar-refractivity contribution >= 4 is 71.6 Å². The summed E-state index contributed by atoms with van der Waals surface area (Å²) in [7, 11) is 0. The normalized spacial score (nSPS) is 40.6. The van der Waals surface area contributed by atoms with Crippen LogP contribution in [0, 0.1) is 146 Å². The van der Waals surface area contributed by atoms with Gasteiger partial charge in [-0.25, -0.2) is 14.4 Å². The van der Waals surface area contributed by atoms with Crippen LogP contribution in [0.15, 0.2) is 0 Å². The molecule has 19 aliphatic rings. The molecule has 0 N–H and O–H groups in total. The molecular formula is C89H138O24. The van der Waals surface area contributed by atoms with Gasteiger partial charge in [-0.3, -0.25) is 43.2 Å². The second-order valence-corrected chi connectivity index (χ2v) is 37.8. The predicted octanol–water partition coefficient (Wildman–Crippen LogP) is 14.3. The third kappa shape index (κ3) is 14.9. The van der Waals surface area contributed by atoms with Gasteiger partial charge < -0.3 is 56.8 Å². The minimum Gasteiger partial charge on any atom is -0.459 e. The fraction of sp³-hybridized carbons (Fsp3) is 0.865. The number of carbonyl (C=O) groups excluding carboxylic acids is 12. The molecule has 23 atom stereocenters. The van der Waals surface area contributed by atoms with Gasteiger partial charge in [-0.2, -0.15) is 0 Å². The molecule has 19 rings (SSSR count). The monoisotopic (exact) mass is 1590 g/mol. The molecule has 14 bridgehead atoms. The summed E-state index contributed by atoms with van der Waals surface area (Å²) in [5, 5.41) is 0. The third-order valence-electron chi connectivity index (χ3n) is 31.9. The summed E-state index contributed by atoms with van der Waals surface area (Å²) in [4.78, 5) is 154. The van der Waals surface area contributed by atoms with Gasteiger partial charge >= 0.3 is 71.6 Å². The Morgan fingerprint density at radius 2 is 0.752 bits per heavy atom. The van der Waals surface area contributed by atoms with Crippen molar-refractivity contribution in [3.05, 3.63) is 0 Å². The van der Waals surface area contributed by atoms with Crippen LogP contribution in [0.5, 0.6) is 0 Å². The molecule has 0 spiro atoms. The lowest BCUT2D eigenvalue weighted by Crippen LogP contribution is -2.60. The van der Waals surface area contributed by atoms with Crippen LogP contribution in [0.4, 0.5) is 0 Å². The first-order chi connectivity index (χ1) is 50.8. The van der Waals surface area contributed by atoms with Crippen molar-refractivity contribution in [3.8, 4) is 0 Å². The molecule has 0 aromatic rings. The van der Waals surface area contributed by atoms with E-state index in [0.29, 0.717) is 68.1 Å². The number of hydrogen-bond donors (Lipinski definition) is 0. The highest BCUT2D eigenvalue weighted by molar-refractivity contribution is 5.89. The van der Waals surface area contributed by atoms with E-state index in [1.165, 1.54) is 25.7 Å². The maximum Gasteiger partial charge on any atom is 0.344 e. The van der Waals surface area contributed by atoms with Gasteiger partial charge in [0.25, 0.3) is 0 Å². The standard InChI is InChI=1S/C30H40O8.C29H40O8.C24H34O8.6CH4/c1-5-29(3,4)28(34)35-12-19(31)36-24-17-10-16-22(26(32)37-25(16)24)23(17)27(33)38-30(6-2)11-15-9-18(30)21-14-7-13(8-14)20(15)21;1-5-28(3,4)27(33)34-13-20(30)35-23-19-12-18-21(25(31)36-24(18)23)22(19)26(32)37-29(6-2)16-8-14-7-15(10-16)11-17(29)9-14;1-5-23(3,4)22(28)29-12-15(25)30-18-14-11-13-16(20(26)31-19(13)18)17(14)21(27)32-24(6-2)9-7-8-10-24;;;;;;/h13-18,20-25H,5-12H2,1-4H3;14-19,21-24H,5-13H2,1-4H3;13-14,16-19H,5-12H2,1-4H3;6*1H4. The fourth-order valence-corrected chi connectivity index (χ4v) is 25.4. The summed E-state index contributed by atoms with van der Waals surface area (Å²) in [6, 6.07) is 0. The van der Waals surface area contributed by atoms with E-state index in [-0.39, 0.29) is 110 Å². The summed E-state index contributed by atoms with van der Waals surface area (Å²) in [5.41, 5.74) is -3.40. The lowest BCUT2D eigenvalue weighted by molar-refractivity contribution is -0.218. The minimum atomic E-state index is -0.716. The van der Waals surface area contributed by atoms with Crippen molar-refractivity contribution in [2.75, 3.05) is 19.8 Å². The first-order valence-electron chi connectivity index (χ1n) is 41.2. The molecule has 3 saturated heterocycles. The molecular weight excluding hydrogens is 1450 g/mol. The Morgan fingerprint density at radius 1 is 0.398 bits per heavy atom. The summed E-state index contributed by atoms with van der Waals surface area (Å²) in [6.45, 7) is 21.0. The maximum atomic E-state index is 13.9. The Morgan fingerprint density at radius 3 is 1.10 bits per heavy atom. The van der Waals surface area contributed by atoms with Crippen LogP contribution in [0.25, 0.3) is 0 Å². The molecule has 3 aliphatic heterocycles. The largest absolute Gasteiger partial charge is 0.459 e. The number of fused-ring (bicyclic) bond motifs is 5. The predicted molar refractivity (Wildman–Crippen MR) is 413 cm³/mol. The fourth-order valence-electron chi connectivity index (χ4n) is 25.4. The van der Waals surface area contributed by atoms with Crippen LogP contribution in [-0.4, -0.2) is 145 Å². The third-order valence-corrected chi connectivity index (χ3v) is 31.9. The van der Waals surface area contributed by atoms with Crippen molar-refractivity contribution in [2.24, 2.45) is 146 Å². The Labute approximate surface area is 671 Å². The van der Waals surface area contributed by atoms with Crippen LogP contribution >= 0.6 is 0 Å². The van der Waals surface area contributed by atoms with Crippen molar-refractivity contribution in [3.63, 3.8) is 0 Å². The second-order valence-electron chi connectivity index (χ2n) is 37.8. The summed E-state index contributed by atoms with van der Waals surface area (Å²) in [6.07, 6.45) is 16.5. The SMILES string of the molecule is C.C.C.C.C.C.CCC(C)(C)C(=O)OCC(=O)OC1C2CC3C1OC(=O)C3C2C(=O)OC1(CC)C2CC3CC(C2)CC1C3.CCC(C)(C)C(=O)OCC(=O)OC1C2CC3C1OC(=O)C3C2C(=O)OC1(CC)CC2CC1C1C3CC(C3)C21.CCC1(OC(=O)C2C3CC4C(OC(=O)C42)C3OC(=O)COC(=O)C(C)(C)CC)CCCC1. The topological polar surface area (TPSA) is 316 Å². The van der Waals surface area contributed by atoms with E-state index < -0.39 is 167 Å². The average Bonchev–Trinajstić information content (AvgIpc) is 1.54. The van der Waals surface area contributed by atoms with Gasteiger partial charge in [-0.05, 0) is 236 Å². The number of carbonyl (C=O) groups is 12. The van der Waals surface area contributed by atoms with E-state index in [2.05, 4.69) is 13.8 Å². The number of rotatable bonds is 24. The van der Waals surface area contributed by atoms with Crippen LogP contribution in [0.3, 0.4) is 0 Å². The van der Waals surface area contributed by atoms with Gasteiger partial charge in [-0.15, -0.1) is 0 Å². The quantitative estimate of drug-likeness (QED) is 0.0640. The van der Waals surface area contributed by atoms with Gasteiger partial charge in [0, 0.05) is 41.4 Å². The molecule has 16 aliphatic carbocycles. The van der Waals surface area contributed by atoms with Gasteiger partial charge in [0.2, 0.25) is 0 Å². The molecule has 23 unspecified atom stereocenters. The zero-order chi connectivity index (χ0) is 76.3. The molecule has 0 aromatic carbocycles. The molecule has 0 radical (unpaired) electrons. The smallest absolute Gasteiger partial charge is 0.344 e. The second kappa shape index (κ2) is 33.2. The minimum absolute atomic E-state index is 0. The van der Waals surface area contributed by atoms with Crippen LogP contribution in [-0.2, 0) is 114 Å². The molecule has 113 heavy (non-hydrogen) atoms. The first kappa shape index (κ1) is 90.6. The zero-order valence-electron chi connectivity index (χ0n) is 64.6. The number of esters is 12. The van der Waals surface area contributed by atoms with Crippen molar-refractivity contribution < 1.29 is 114 Å². The highest BCUT2D eigenvalue weighted by Crippen LogP contribution is 2.74. The van der Waals surface area contributed by atoms with E-state index in [4.69, 9.17) is 56.8 Å². The van der Waals surface area contributed by atoms with Crippen LogP contribution in [0.2, 0.25) is 0 Å². The number of hydrogen-bond acceptors (Lipinski definition) is 24. The Bertz CT molecular complexity index is 3570. The van der Waals surface area contributed by atoms with Gasteiger partial charge in [-0.1, -0.05) is 86.1 Å². The van der Waals surface area contributed by atoms with Gasteiger partial charge in [0.15, 0.2) is 19.8 Å².